The minimum atomic E-state index is -0.633. The van der Waals surface area contributed by atoms with Crippen molar-refractivity contribution in [1.82, 2.24) is 19.8 Å². The fourth-order valence-corrected chi connectivity index (χ4v) is 3.90. The van der Waals surface area contributed by atoms with Crippen molar-refractivity contribution in [3.8, 4) is 0 Å². The molecule has 2 aliphatic rings. The van der Waals surface area contributed by atoms with Gasteiger partial charge in [-0.25, -0.2) is 4.79 Å². The maximum Gasteiger partial charge on any atom is 0.328 e. The molecular formula is C18H28N4O3. The van der Waals surface area contributed by atoms with Crippen LogP contribution in [0.25, 0.3) is 0 Å². The molecule has 7 heteroatoms. The van der Waals surface area contributed by atoms with Gasteiger partial charge in [0.05, 0.1) is 0 Å². The summed E-state index contributed by atoms with van der Waals surface area (Å²) in [5.74, 6) is 1.22. The van der Waals surface area contributed by atoms with E-state index in [1.54, 1.807) is 0 Å². The molecule has 25 heavy (non-hydrogen) atoms. The van der Waals surface area contributed by atoms with Gasteiger partial charge in [-0.3, -0.25) is 14.6 Å². The monoisotopic (exact) mass is 348 g/mol. The van der Waals surface area contributed by atoms with Crippen LogP contribution in [0.15, 0.2) is 15.8 Å². The highest BCUT2D eigenvalue weighted by Crippen LogP contribution is 2.31. The first-order valence-electron chi connectivity index (χ1n) is 9.18. The zero-order valence-corrected chi connectivity index (χ0v) is 15.2. The molecule has 7 nitrogen and oxygen atoms in total. The summed E-state index contributed by atoms with van der Waals surface area (Å²) in [6.45, 7) is 7.28. The summed E-state index contributed by atoms with van der Waals surface area (Å²) in [6, 6.07) is 0.0317. The number of carbonyl (C=O) groups is 1. The number of nitrogens with zero attached hydrogens (tertiary/aromatic N) is 2. The van der Waals surface area contributed by atoms with Crippen molar-refractivity contribution in [2.75, 3.05) is 19.6 Å². The second-order valence-corrected chi connectivity index (χ2v) is 7.92. The van der Waals surface area contributed by atoms with Crippen molar-refractivity contribution in [2.24, 2.45) is 24.8 Å². The summed E-state index contributed by atoms with van der Waals surface area (Å²) < 4.78 is 1.22. The number of hydrogen-bond acceptors (Lipinski definition) is 4. The Kier molecular flexibility index (Phi) is 5.13. The van der Waals surface area contributed by atoms with Gasteiger partial charge in [0.2, 0.25) is 0 Å². The van der Waals surface area contributed by atoms with Gasteiger partial charge in [0, 0.05) is 38.9 Å². The minimum Gasteiger partial charge on any atom is -0.347 e. The van der Waals surface area contributed by atoms with Crippen molar-refractivity contribution < 1.29 is 4.79 Å². The number of H-pyrrole nitrogens is 1. The van der Waals surface area contributed by atoms with E-state index in [1.165, 1.54) is 37.1 Å². The molecule has 1 aliphatic carbocycles. The fourth-order valence-electron chi connectivity index (χ4n) is 3.90. The van der Waals surface area contributed by atoms with Crippen LogP contribution in [0, 0.1) is 17.8 Å². The Morgan fingerprint density at radius 1 is 1.32 bits per heavy atom. The molecule has 3 rings (SSSR count). The lowest BCUT2D eigenvalue weighted by molar-refractivity contribution is 0.0922. The summed E-state index contributed by atoms with van der Waals surface area (Å²) in [6.07, 6.45) is 5.27. The molecule has 2 N–H and O–H groups in total. The number of aromatic amines is 1. The number of rotatable bonds is 5. The third-order valence-corrected chi connectivity index (χ3v) is 5.71. The molecule has 1 saturated carbocycles. The zero-order chi connectivity index (χ0) is 18.1. The summed E-state index contributed by atoms with van der Waals surface area (Å²) >= 11 is 0. The molecule has 0 unspecified atom stereocenters. The van der Waals surface area contributed by atoms with E-state index in [-0.39, 0.29) is 11.6 Å². The first-order valence-corrected chi connectivity index (χ1v) is 9.18. The van der Waals surface area contributed by atoms with E-state index in [1.807, 2.05) is 0 Å². The Bertz CT molecular complexity index is 747. The quantitative estimate of drug-likeness (QED) is 0.814. The predicted octanol–water partition coefficient (Wildman–Crippen LogP) is 0.560. The highest BCUT2D eigenvalue weighted by atomic mass is 16.2. The molecule has 2 heterocycles. The van der Waals surface area contributed by atoms with Crippen LogP contribution in [0.4, 0.5) is 0 Å². The van der Waals surface area contributed by atoms with E-state index in [4.69, 9.17) is 0 Å². The van der Waals surface area contributed by atoms with Gasteiger partial charge >= 0.3 is 5.69 Å². The van der Waals surface area contributed by atoms with Gasteiger partial charge in [-0.15, -0.1) is 0 Å². The summed E-state index contributed by atoms with van der Waals surface area (Å²) in [4.78, 5) is 40.6. The first kappa shape index (κ1) is 17.9. The van der Waals surface area contributed by atoms with Crippen LogP contribution in [0.2, 0.25) is 0 Å². The topological polar surface area (TPSA) is 87.2 Å². The van der Waals surface area contributed by atoms with Crippen LogP contribution in [-0.2, 0) is 7.05 Å². The molecule has 2 atom stereocenters. The summed E-state index contributed by atoms with van der Waals surface area (Å²) in [5, 5.41) is 3.04. The first-order chi connectivity index (χ1) is 11.8. The number of aromatic nitrogens is 2. The molecular weight excluding hydrogens is 320 g/mol. The van der Waals surface area contributed by atoms with Crippen molar-refractivity contribution in [3.63, 3.8) is 0 Å². The number of aryl methyl sites for hydroxylation is 1. The minimum absolute atomic E-state index is 0.0120. The number of likely N-dealkylation sites (tertiary alicyclic amines) is 1. The molecule has 1 aromatic heterocycles. The Morgan fingerprint density at radius 3 is 2.64 bits per heavy atom. The lowest BCUT2D eigenvalue weighted by atomic mass is 9.85. The largest absolute Gasteiger partial charge is 0.347 e. The molecule has 0 bridgehead atoms. The second-order valence-electron chi connectivity index (χ2n) is 7.92. The van der Waals surface area contributed by atoms with Gasteiger partial charge in [-0.2, -0.15) is 0 Å². The maximum absolute atomic E-state index is 12.6. The summed E-state index contributed by atoms with van der Waals surface area (Å²) in [5.41, 5.74) is -1.16. The number of carbonyl (C=O) groups excluding carboxylic acids is 1. The van der Waals surface area contributed by atoms with Gasteiger partial charge in [0.1, 0.15) is 5.56 Å². The van der Waals surface area contributed by atoms with Crippen molar-refractivity contribution in [1.29, 1.82) is 0 Å². The van der Waals surface area contributed by atoms with Crippen LogP contribution < -0.4 is 16.6 Å². The van der Waals surface area contributed by atoms with E-state index in [0.29, 0.717) is 11.8 Å². The van der Waals surface area contributed by atoms with E-state index >= 15 is 0 Å². The van der Waals surface area contributed by atoms with Gasteiger partial charge in [0.15, 0.2) is 0 Å². The average Bonchev–Trinajstić information content (AvgIpc) is 2.89. The molecule has 0 spiro atoms. The molecule has 0 aromatic carbocycles. The van der Waals surface area contributed by atoms with Crippen molar-refractivity contribution in [3.05, 3.63) is 32.6 Å². The number of hydrogen-bond donors (Lipinski definition) is 2. The third kappa shape index (κ3) is 3.86. The van der Waals surface area contributed by atoms with E-state index in [0.717, 1.165) is 25.6 Å². The standard InChI is InChI=1S/C18H28N4O3/c1-11(2)13-9-22(7-12-5-4-6-12)10-15(13)19-16(23)14-8-21(3)18(25)20-17(14)24/h8,11-13,15H,4-7,9-10H2,1-3H3,(H,19,23)(H,20,24,25)/t13-,15+/m0/s1. The Morgan fingerprint density at radius 2 is 2.04 bits per heavy atom. The number of amides is 1. The van der Waals surface area contributed by atoms with Gasteiger partial charge in [-0.05, 0) is 30.6 Å². The Labute approximate surface area is 147 Å². The molecule has 2 fully saturated rings. The van der Waals surface area contributed by atoms with E-state index in [9.17, 15) is 14.4 Å². The van der Waals surface area contributed by atoms with E-state index in [2.05, 4.69) is 29.0 Å². The maximum atomic E-state index is 12.6. The van der Waals surface area contributed by atoms with Crippen molar-refractivity contribution in [2.45, 2.75) is 39.2 Å². The normalized spacial score (nSPS) is 24.5. The zero-order valence-electron chi connectivity index (χ0n) is 15.2. The lowest BCUT2D eigenvalue weighted by Gasteiger charge is -2.30. The van der Waals surface area contributed by atoms with Gasteiger partial charge < -0.3 is 14.8 Å². The Hall–Kier alpha value is -1.89. The molecule has 1 aliphatic heterocycles. The predicted molar refractivity (Wildman–Crippen MR) is 95.7 cm³/mol. The molecule has 1 saturated heterocycles. The van der Waals surface area contributed by atoms with Crippen molar-refractivity contribution >= 4 is 5.91 Å². The van der Waals surface area contributed by atoms with E-state index < -0.39 is 17.2 Å². The molecule has 1 amide bonds. The summed E-state index contributed by atoms with van der Waals surface area (Å²) in [7, 11) is 1.52. The SMILES string of the molecule is CC(C)[C@@H]1CN(CC2CCC2)C[C@H]1NC(=O)c1cn(C)c(=O)[nH]c1=O. The molecule has 1 aromatic rings. The van der Waals surface area contributed by atoms with Crippen LogP contribution in [0.3, 0.4) is 0 Å². The lowest BCUT2D eigenvalue weighted by Crippen LogP contribution is -2.45. The highest BCUT2D eigenvalue weighted by Gasteiger charge is 2.37. The fraction of sp³-hybridized carbons (Fsp3) is 0.722. The smallest absolute Gasteiger partial charge is 0.328 e. The van der Waals surface area contributed by atoms with Crippen LogP contribution >= 0.6 is 0 Å². The van der Waals surface area contributed by atoms with Crippen LogP contribution in [0.1, 0.15) is 43.5 Å². The van der Waals surface area contributed by atoms with Crippen LogP contribution in [0.5, 0.6) is 0 Å². The molecule has 138 valence electrons. The number of nitrogens with one attached hydrogen (secondary N) is 2. The third-order valence-electron chi connectivity index (χ3n) is 5.71. The van der Waals surface area contributed by atoms with Gasteiger partial charge in [-0.1, -0.05) is 20.3 Å². The highest BCUT2D eigenvalue weighted by molar-refractivity contribution is 5.93. The van der Waals surface area contributed by atoms with Gasteiger partial charge in [0.25, 0.3) is 11.5 Å². The van der Waals surface area contributed by atoms with Crippen LogP contribution in [-0.4, -0.2) is 46.0 Å². The Balaban J connectivity index is 1.71. The average molecular weight is 348 g/mol. The second kappa shape index (κ2) is 7.15. The molecule has 0 radical (unpaired) electrons.